The van der Waals surface area contributed by atoms with Crippen LogP contribution in [0.25, 0.3) is 0 Å². The quantitative estimate of drug-likeness (QED) is 0.768. The van der Waals surface area contributed by atoms with Gasteiger partial charge in [-0.2, -0.15) is 0 Å². The molecule has 1 saturated heterocycles. The third-order valence-corrected chi connectivity index (χ3v) is 3.92. The molecule has 1 aliphatic heterocycles. The zero-order valence-corrected chi connectivity index (χ0v) is 14.7. The van der Waals surface area contributed by atoms with Gasteiger partial charge < -0.3 is 25.2 Å². The first-order valence-corrected chi connectivity index (χ1v) is 8.45. The molecule has 0 saturated carbocycles. The van der Waals surface area contributed by atoms with E-state index in [0.29, 0.717) is 5.56 Å². The molecule has 1 heterocycles. The van der Waals surface area contributed by atoms with Gasteiger partial charge in [0.15, 0.2) is 0 Å². The molecule has 3 N–H and O–H groups in total. The Morgan fingerprint density at radius 3 is 2.50 bits per heavy atom. The van der Waals surface area contributed by atoms with E-state index in [1.54, 1.807) is 20.8 Å². The summed E-state index contributed by atoms with van der Waals surface area (Å²) in [6.07, 6.45) is -0.528. The van der Waals surface area contributed by atoms with E-state index in [4.69, 9.17) is 4.74 Å². The van der Waals surface area contributed by atoms with Gasteiger partial charge in [0.1, 0.15) is 17.8 Å². The lowest BCUT2D eigenvalue weighted by atomic mass is 10.0. The summed E-state index contributed by atoms with van der Waals surface area (Å²) in [5.41, 5.74) is 1.02. The smallest absolute Gasteiger partial charge is 0.407 e. The van der Waals surface area contributed by atoms with Crippen molar-refractivity contribution in [3.8, 4) is 0 Å². The molecule has 1 fully saturated rings. The van der Waals surface area contributed by atoms with E-state index in [1.807, 2.05) is 24.3 Å². The molecule has 0 spiro atoms. The van der Waals surface area contributed by atoms with Crippen molar-refractivity contribution in [3.05, 3.63) is 29.8 Å². The van der Waals surface area contributed by atoms with Crippen LogP contribution in [0.1, 0.15) is 45.3 Å². The van der Waals surface area contributed by atoms with Gasteiger partial charge >= 0.3 is 6.09 Å². The second kappa shape index (κ2) is 7.85. The molecule has 1 amide bonds. The minimum absolute atomic E-state index is 0.0790. The fourth-order valence-electron chi connectivity index (χ4n) is 2.80. The van der Waals surface area contributed by atoms with Crippen molar-refractivity contribution in [2.75, 3.05) is 24.5 Å². The molecule has 6 nitrogen and oxygen atoms in total. The number of carbonyl (C=O) groups is 1. The number of aliphatic hydroxyl groups excluding tert-OH is 2. The number of alkyl carbamates (subject to hydrolysis) is 1. The van der Waals surface area contributed by atoms with Gasteiger partial charge in [-0.3, -0.25) is 0 Å². The molecule has 0 bridgehead atoms. The van der Waals surface area contributed by atoms with Crippen LogP contribution in [0, 0.1) is 0 Å². The first-order chi connectivity index (χ1) is 11.3. The molecule has 2 unspecified atom stereocenters. The van der Waals surface area contributed by atoms with E-state index in [1.165, 1.54) is 0 Å². The summed E-state index contributed by atoms with van der Waals surface area (Å²) >= 11 is 0. The molecule has 1 aromatic rings. The maximum absolute atomic E-state index is 11.7. The Kier molecular flexibility index (Phi) is 6.07. The van der Waals surface area contributed by atoms with Crippen LogP contribution in [0.4, 0.5) is 10.5 Å². The zero-order valence-electron chi connectivity index (χ0n) is 14.7. The Morgan fingerprint density at radius 1 is 1.25 bits per heavy atom. The highest BCUT2D eigenvalue weighted by molar-refractivity contribution is 5.67. The molecule has 2 atom stereocenters. The molecular weight excluding hydrogens is 308 g/mol. The number of nitrogens with one attached hydrogen (secondary N) is 1. The first kappa shape index (κ1) is 18.5. The second-order valence-electron chi connectivity index (χ2n) is 7.15. The fraction of sp³-hybridized carbons (Fsp3) is 0.611. The number of rotatable bonds is 5. The summed E-state index contributed by atoms with van der Waals surface area (Å²) in [4.78, 5) is 13.9. The van der Waals surface area contributed by atoms with E-state index in [0.717, 1.165) is 31.6 Å². The number of ether oxygens (including phenoxy) is 1. The number of anilines is 1. The van der Waals surface area contributed by atoms with E-state index in [-0.39, 0.29) is 6.54 Å². The third kappa shape index (κ3) is 5.11. The molecule has 1 aromatic carbocycles. The summed E-state index contributed by atoms with van der Waals surface area (Å²) in [5, 5.41) is 23.2. The van der Waals surface area contributed by atoms with Crippen LogP contribution in [0.3, 0.4) is 0 Å². The Morgan fingerprint density at radius 2 is 1.88 bits per heavy atom. The molecule has 0 aromatic heterocycles. The van der Waals surface area contributed by atoms with Crippen LogP contribution in [-0.4, -0.2) is 47.6 Å². The number of hydrogen-bond donors (Lipinski definition) is 3. The standard InChI is InChI=1S/C18H28N2O4/c1-18(2,3)24-17(23)19-12-15(21)16(22)13-8-4-5-9-14(13)20-10-6-7-11-20/h4-5,8-9,15-16,21-22H,6-7,10-12H2,1-3H3,(H,19,23). The van der Waals surface area contributed by atoms with Gasteiger partial charge in [-0.15, -0.1) is 0 Å². The fourth-order valence-corrected chi connectivity index (χ4v) is 2.80. The van der Waals surface area contributed by atoms with Gasteiger partial charge in [0, 0.05) is 30.9 Å². The molecule has 134 valence electrons. The number of aliphatic hydroxyl groups is 2. The SMILES string of the molecule is CC(C)(C)OC(=O)NCC(O)C(O)c1ccccc1N1CCCC1. The maximum Gasteiger partial charge on any atom is 0.407 e. The van der Waals surface area contributed by atoms with Crippen LogP contribution in [-0.2, 0) is 4.74 Å². The van der Waals surface area contributed by atoms with E-state index in [9.17, 15) is 15.0 Å². The Balaban J connectivity index is 1.98. The predicted octanol–water partition coefficient (Wildman–Crippen LogP) is 2.21. The lowest BCUT2D eigenvalue weighted by Gasteiger charge is -2.26. The third-order valence-electron chi connectivity index (χ3n) is 3.92. The monoisotopic (exact) mass is 336 g/mol. The minimum atomic E-state index is -1.11. The Bertz CT molecular complexity index is 550. The molecule has 0 aliphatic carbocycles. The Hall–Kier alpha value is -1.79. The molecule has 24 heavy (non-hydrogen) atoms. The summed E-state index contributed by atoms with van der Waals surface area (Å²) in [7, 11) is 0. The van der Waals surface area contributed by atoms with Gasteiger partial charge in [-0.1, -0.05) is 18.2 Å². The highest BCUT2D eigenvalue weighted by Crippen LogP contribution is 2.30. The number of amides is 1. The number of para-hydroxylation sites is 1. The van der Waals surface area contributed by atoms with E-state index in [2.05, 4.69) is 10.2 Å². The second-order valence-corrected chi connectivity index (χ2v) is 7.15. The van der Waals surface area contributed by atoms with Crippen molar-refractivity contribution < 1.29 is 19.7 Å². The normalized spacial score (nSPS) is 17.5. The summed E-state index contributed by atoms with van der Waals surface area (Å²) in [5.74, 6) is 0. The average molecular weight is 336 g/mol. The van der Waals surface area contributed by atoms with Gasteiger partial charge in [0.05, 0.1) is 0 Å². The van der Waals surface area contributed by atoms with Crippen LogP contribution < -0.4 is 10.2 Å². The van der Waals surface area contributed by atoms with E-state index < -0.39 is 23.9 Å². The molecule has 1 aliphatic rings. The molecule has 0 radical (unpaired) electrons. The summed E-state index contributed by atoms with van der Waals surface area (Å²) in [6, 6.07) is 7.54. The van der Waals surface area contributed by atoms with Crippen molar-refractivity contribution in [1.29, 1.82) is 0 Å². The molecule has 6 heteroatoms. The van der Waals surface area contributed by atoms with Crippen LogP contribution in [0.5, 0.6) is 0 Å². The number of nitrogens with zero attached hydrogens (tertiary/aromatic N) is 1. The minimum Gasteiger partial charge on any atom is -0.444 e. The topological polar surface area (TPSA) is 82.0 Å². The van der Waals surface area contributed by atoms with Gasteiger partial charge in [0.25, 0.3) is 0 Å². The lowest BCUT2D eigenvalue weighted by molar-refractivity contribution is 0.0131. The van der Waals surface area contributed by atoms with Gasteiger partial charge in [-0.05, 0) is 39.7 Å². The predicted molar refractivity (Wildman–Crippen MR) is 93.1 cm³/mol. The maximum atomic E-state index is 11.7. The van der Waals surface area contributed by atoms with Crippen molar-refractivity contribution in [3.63, 3.8) is 0 Å². The van der Waals surface area contributed by atoms with Gasteiger partial charge in [0.2, 0.25) is 0 Å². The summed E-state index contributed by atoms with van der Waals surface area (Å²) < 4.78 is 5.13. The van der Waals surface area contributed by atoms with Crippen LogP contribution in [0.2, 0.25) is 0 Å². The molecule has 2 rings (SSSR count). The largest absolute Gasteiger partial charge is 0.444 e. The first-order valence-electron chi connectivity index (χ1n) is 8.45. The number of carbonyl (C=O) groups excluding carboxylic acids is 1. The molecular formula is C18H28N2O4. The van der Waals surface area contributed by atoms with Crippen molar-refractivity contribution in [2.24, 2.45) is 0 Å². The average Bonchev–Trinajstić information content (AvgIpc) is 3.04. The van der Waals surface area contributed by atoms with Crippen molar-refractivity contribution >= 4 is 11.8 Å². The van der Waals surface area contributed by atoms with Crippen LogP contribution in [0.15, 0.2) is 24.3 Å². The van der Waals surface area contributed by atoms with E-state index >= 15 is 0 Å². The Labute approximate surface area is 143 Å². The van der Waals surface area contributed by atoms with Crippen molar-refractivity contribution in [2.45, 2.75) is 51.4 Å². The number of hydrogen-bond acceptors (Lipinski definition) is 5. The van der Waals surface area contributed by atoms with Crippen LogP contribution >= 0.6 is 0 Å². The summed E-state index contributed by atoms with van der Waals surface area (Å²) in [6.45, 7) is 7.13. The number of benzene rings is 1. The zero-order chi connectivity index (χ0) is 17.7. The van der Waals surface area contributed by atoms with Crippen molar-refractivity contribution in [1.82, 2.24) is 5.32 Å². The lowest BCUT2D eigenvalue weighted by Crippen LogP contribution is -2.39. The highest BCUT2D eigenvalue weighted by atomic mass is 16.6. The van der Waals surface area contributed by atoms with Gasteiger partial charge in [-0.25, -0.2) is 4.79 Å². The highest BCUT2D eigenvalue weighted by Gasteiger charge is 2.25.